The number of sulfonamides is 1. The monoisotopic (exact) mass is 367 g/mol. The maximum atomic E-state index is 12.4. The molecular weight excluding hydrogens is 346 g/mol. The van der Waals surface area contributed by atoms with Crippen LogP contribution in [-0.4, -0.2) is 46.1 Å². The Kier molecular flexibility index (Phi) is 5.98. The second kappa shape index (κ2) is 7.78. The highest BCUT2D eigenvalue weighted by Crippen LogP contribution is 2.22. The van der Waals surface area contributed by atoms with Crippen LogP contribution >= 0.6 is 11.3 Å². The van der Waals surface area contributed by atoms with Crippen molar-refractivity contribution in [3.05, 3.63) is 52.2 Å². The minimum absolute atomic E-state index is 0.0891. The fraction of sp³-hybridized carbons (Fsp3) is 0.312. The first-order valence-electron chi connectivity index (χ1n) is 7.32. The number of nitrogens with one attached hydrogen (secondary N) is 2. The quantitative estimate of drug-likeness (QED) is 0.786. The van der Waals surface area contributed by atoms with Gasteiger partial charge in [-0.3, -0.25) is 9.52 Å². The summed E-state index contributed by atoms with van der Waals surface area (Å²) in [6.07, 6.45) is 1.07. The molecule has 24 heavy (non-hydrogen) atoms. The van der Waals surface area contributed by atoms with E-state index in [1.54, 1.807) is 29.5 Å². The normalized spacial score (nSPS) is 12.8. The van der Waals surface area contributed by atoms with Gasteiger partial charge in [-0.15, -0.1) is 11.3 Å². The van der Waals surface area contributed by atoms with Crippen LogP contribution < -0.4 is 10.0 Å². The van der Waals surface area contributed by atoms with Crippen molar-refractivity contribution in [3.8, 4) is 0 Å². The molecule has 1 aromatic heterocycles. The van der Waals surface area contributed by atoms with Gasteiger partial charge in [0.1, 0.15) is 0 Å². The van der Waals surface area contributed by atoms with Gasteiger partial charge in [0, 0.05) is 22.7 Å². The first-order valence-corrected chi connectivity index (χ1v) is 10.1. The van der Waals surface area contributed by atoms with E-state index >= 15 is 0 Å². The molecule has 2 rings (SSSR count). The molecule has 2 aromatic rings. The standard InChI is InChI=1S/C16H21N3O3S2/c1-19(2)14(15-8-5-9-23-15)11-17-16(20)12-6-4-7-13(10-12)18-24(3,21)22/h4-10,14,18H,11H2,1-3H3,(H,17,20)/t14-/m0/s1. The van der Waals surface area contributed by atoms with Gasteiger partial charge in [0.15, 0.2) is 0 Å². The second-order valence-corrected chi connectivity index (χ2v) is 8.39. The molecule has 0 aliphatic carbocycles. The van der Waals surface area contributed by atoms with E-state index in [4.69, 9.17) is 0 Å². The van der Waals surface area contributed by atoms with Crippen molar-refractivity contribution in [2.75, 3.05) is 31.6 Å². The van der Waals surface area contributed by atoms with Crippen molar-refractivity contribution >= 4 is 33.0 Å². The van der Waals surface area contributed by atoms with Gasteiger partial charge >= 0.3 is 0 Å². The Hall–Kier alpha value is -1.90. The summed E-state index contributed by atoms with van der Waals surface area (Å²) >= 11 is 1.65. The van der Waals surface area contributed by atoms with E-state index in [-0.39, 0.29) is 11.9 Å². The van der Waals surface area contributed by atoms with Crippen molar-refractivity contribution < 1.29 is 13.2 Å². The van der Waals surface area contributed by atoms with Gasteiger partial charge in [-0.05, 0) is 43.7 Å². The Bertz CT molecular complexity index is 787. The largest absolute Gasteiger partial charge is 0.350 e. The molecule has 1 atom stereocenters. The molecule has 0 fully saturated rings. The molecule has 6 nitrogen and oxygen atoms in total. The molecule has 1 heterocycles. The molecular formula is C16H21N3O3S2. The zero-order chi connectivity index (χ0) is 17.7. The molecule has 1 aromatic carbocycles. The summed E-state index contributed by atoms with van der Waals surface area (Å²) in [5.41, 5.74) is 0.778. The highest BCUT2D eigenvalue weighted by atomic mass is 32.2. The van der Waals surface area contributed by atoms with Gasteiger partial charge in [-0.1, -0.05) is 12.1 Å². The Morgan fingerprint density at radius 2 is 2.00 bits per heavy atom. The minimum atomic E-state index is -3.37. The summed E-state index contributed by atoms with van der Waals surface area (Å²) in [5.74, 6) is -0.240. The van der Waals surface area contributed by atoms with Crippen LogP contribution in [0.25, 0.3) is 0 Å². The number of nitrogens with zero attached hydrogens (tertiary/aromatic N) is 1. The SMILES string of the molecule is CN(C)[C@@H](CNC(=O)c1cccc(NS(C)(=O)=O)c1)c1cccs1. The van der Waals surface area contributed by atoms with Crippen molar-refractivity contribution in [3.63, 3.8) is 0 Å². The molecule has 0 saturated heterocycles. The van der Waals surface area contributed by atoms with E-state index in [2.05, 4.69) is 10.0 Å². The number of likely N-dealkylation sites (N-methyl/N-ethyl adjacent to an activating group) is 1. The number of amides is 1. The van der Waals surface area contributed by atoms with E-state index < -0.39 is 10.0 Å². The smallest absolute Gasteiger partial charge is 0.251 e. The molecule has 0 radical (unpaired) electrons. The van der Waals surface area contributed by atoms with Crippen molar-refractivity contribution in [2.45, 2.75) is 6.04 Å². The number of hydrogen-bond donors (Lipinski definition) is 2. The third kappa shape index (κ3) is 5.33. The minimum Gasteiger partial charge on any atom is -0.350 e. The fourth-order valence-corrected chi connectivity index (χ4v) is 3.73. The summed E-state index contributed by atoms with van der Waals surface area (Å²) < 4.78 is 24.9. The Balaban J connectivity index is 2.05. The lowest BCUT2D eigenvalue weighted by atomic mass is 10.1. The van der Waals surface area contributed by atoms with Crippen LogP contribution in [0, 0.1) is 0 Å². The summed E-state index contributed by atoms with van der Waals surface area (Å²) in [6.45, 7) is 0.468. The maximum Gasteiger partial charge on any atom is 0.251 e. The lowest BCUT2D eigenvalue weighted by Crippen LogP contribution is -2.34. The Morgan fingerprint density at radius 3 is 2.58 bits per heavy atom. The fourth-order valence-electron chi connectivity index (χ4n) is 2.25. The third-order valence-electron chi connectivity index (χ3n) is 3.38. The molecule has 0 bridgehead atoms. The molecule has 0 saturated carbocycles. The van der Waals surface area contributed by atoms with Crippen LogP contribution in [0.1, 0.15) is 21.3 Å². The molecule has 0 unspecified atom stereocenters. The second-order valence-electron chi connectivity index (χ2n) is 5.66. The topological polar surface area (TPSA) is 78.5 Å². The first-order chi connectivity index (χ1) is 11.3. The number of carbonyl (C=O) groups excluding carboxylic acids is 1. The molecule has 130 valence electrons. The molecule has 0 aliphatic rings. The highest BCUT2D eigenvalue weighted by Gasteiger charge is 2.17. The summed E-state index contributed by atoms with van der Waals surface area (Å²) in [7, 11) is 0.558. The first kappa shape index (κ1) is 18.4. The predicted molar refractivity (Wildman–Crippen MR) is 98.0 cm³/mol. The average molecular weight is 367 g/mol. The molecule has 8 heteroatoms. The van der Waals surface area contributed by atoms with E-state index in [0.717, 1.165) is 6.26 Å². The molecule has 0 aliphatic heterocycles. The van der Waals surface area contributed by atoms with Crippen LogP contribution in [0.2, 0.25) is 0 Å². The average Bonchev–Trinajstić information content (AvgIpc) is 2.99. The Labute approximate surface area is 146 Å². The number of rotatable bonds is 7. The number of benzene rings is 1. The number of hydrogen-bond acceptors (Lipinski definition) is 5. The van der Waals surface area contributed by atoms with Crippen LogP contribution in [-0.2, 0) is 10.0 Å². The molecule has 0 spiro atoms. The zero-order valence-corrected chi connectivity index (χ0v) is 15.4. The zero-order valence-electron chi connectivity index (χ0n) is 13.8. The lowest BCUT2D eigenvalue weighted by molar-refractivity contribution is 0.0942. The van der Waals surface area contributed by atoms with Crippen LogP contribution in [0.5, 0.6) is 0 Å². The number of thiophene rings is 1. The van der Waals surface area contributed by atoms with Gasteiger partial charge in [0.2, 0.25) is 10.0 Å². The van der Waals surface area contributed by atoms with Gasteiger partial charge in [-0.2, -0.15) is 0 Å². The van der Waals surface area contributed by atoms with Crippen LogP contribution in [0.3, 0.4) is 0 Å². The summed E-state index contributed by atoms with van der Waals surface area (Å²) in [4.78, 5) is 15.6. The molecule has 2 N–H and O–H groups in total. The van der Waals surface area contributed by atoms with Crippen LogP contribution in [0.15, 0.2) is 41.8 Å². The van der Waals surface area contributed by atoms with Crippen molar-refractivity contribution in [2.24, 2.45) is 0 Å². The van der Waals surface area contributed by atoms with Gasteiger partial charge in [0.05, 0.1) is 12.3 Å². The van der Waals surface area contributed by atoms with Gasteiger partial charge < -0.3 is 10.2 Å². The number of anilines is 1. The van der Waals surface area contributed by atoms with Crippen molar-refractivity contribution in [1.82, 2.24) is 10.2 Å². The highest BCUT2D eigenvalue weighted by molar-refractivity contribution is 7.92. The molecule has 1 amide bonds. The van der Waals surface area contributed by atoms with E-state index in [1.807, 2.05) is 36.5 Å². The third-order valence-corrected chi connectivity index (χ3v) is 4.96. The Morgan fingerprint density at radius 1 is 1.25 bits per heavy atom. The summed E-state index contributed by atoms with van der Waals surface area (Å²) in [5, 5.41) is 4.92. The lowest BCUT2D eigenvalue weighted by Gasteiger charge is -2.23. The van der Waals surface area contributed by atoms with Gasteiger partial charge in [-0.25, -0.2) is 8.42 Å². The predicted octanol–water partition coefficient (Wildman–Crippen LogP) is 2.15. The number of carbonyl (C=O) groups is 1. The van der Waals surface area contributed by atoms with E-state index in [9.17, 15) is 13.2 Å². The van der Waals surface area contributed by atoms with E-state index in [0.29, 0.717) is 17.8 Å². The van der Waals surface area contributed by atoms with Crippen molar-refractivity contribution in [1.29, 1.82) is 0 Å². The summed E-state index contributed by atoms with van der Waals surface area (Å²) in [6, 6.07) is 10.5. The van der Waals surface area contributed by atoms with Gasteiger partial charge in [0.25, 0.3) is 5.91 Å². The van der Waals surface area contributed by atoms with Crippen LogP contribution in [0.4, 0.5) is 5.69 Å². The maximum absolute atomic E-state index is 12.4. The van der Waals surface area contributed by atoms with E-state index in [1.165, 1.54) is 10.9 Å².